The maximum absolute atomic E-state index is 13.4. The second-order valence-corrected chi connectivity index (χ2v) is 5.16. The standard InChI is InChI=1S/C13H20FNS/c1-9-5-6-12(7-13(9)14)11(3)15-10(2)8-16-4/h5-7,10-11,15H,8H2,1-4H3. The predicted octanol–water partition coefficient (Wildman–Crippen LogP) is 3.54. The van der Waals surface area contributed by atoms with Crippen molar-refractivity contribution in [3.63, 3.8) is 0 Å². The van der Waals surface area contributed by atoms with Gasteiger partial charge in [0.05, 0.1) is 0 Å². The molecule has 0 fully saturated rings. The van der Waals surface area contributed by atoms with Gasteiger partial charge in [0, 0.05) is 17.8 Å². The van der Waals surface area contributed by atoms with E-state index in [1.165, 1.54) is 0 Å². The van der Waals surface area contributed by atoms with Crippen LogP contribution in [0.2, 0.25) is 0 Å². The summed E-state index contributed by atoms with van der Waals surface area (Å²) in [5, 5.41) is 3.46. The highest BCUT2D eigenvalue weighted by atomic mass is 32.2. The van der Waals surface area contributed by atoms with E-state index >= 15 is 0 Å². The lowest BCUT2D eigenvalue weighted by Crippen LogP contribution is -2.30. The Morgan fingerprint density at radius 3 is 2.62 bits per heavy atom. The molecule has 0 spiro atoms. The molecule has 3 heteroatoms. The highest BCUT2D eigenvalue weighted by Crippen LogP contribution is 2.17. The van der Waals surface area contributed by atoms with Gasteiger partial charge >= 0.3 is 0 Å². The Morgan fingerprint density at radius 1 is 1.38 bits per heavy atom. The zero-order chi connectivity index (χ0) is 12.1. The molecular formula is C13H20FNS. The van der Waals surface area contributed by atoms with Gasteiger partial charge in [0.15, 0.2) is 0 Å². The molecule has 0 aliphatic rings. The first-order valence-corrected chi connectivity index (χ1v) is 6.95. The molecule has 0 aliphatic heterocycles. The van der Waals surface area contributed by atoms with Crippen molar-refractivity contribution in [3.8, 4) is 0 Å². The van der Waals surface area contributed by atoms with Gasteiger partial charge in [-0.1, -0.05) is 12.1 Å². The molecule has 0 amide bonds. The SMILES string of the molecule is CSCC(C)NC(C)c1ccc(C)c(F)c1. The zero-order valence-electron chi connectivity index (χ0n) is 10.4. The van der Waals surface area contributed by atoms with Gasteiger partial charge in [0.1, 0.15) is 5.82 Å². The number of rotatable bonds is 5. The Kier molecular flexibility index (Phi) is 5.29. The molecule has 2 unspecified atom stereocenters. The number of hydrogen-bond acceptors (Lipinski definition) is 2. The Labute approximate surface area is 102 Å². The summed E-state index contributed by atoms with van der Waals surface area (Å²) in [5.41, 5.74) is 1.71. The molecule has 0 aliphatic carbocycles. The minimum absolute atomic E-state index is 0.122. The van der Waals surface area contributed by atoms with Crippen molar-refractivity contribution < 1.29 is 4.39 Å². The summed E-state index contributed by atoms with van der Waals surface area (Å²) in [6.45, 7) is 6.01. The predicted molar refractivity (Wildman–Crippen MR) is 70.5 cm³/mol. The Hall–Kier alpha value is -0.540. The fourth-order valence-electron chi connectivity index (χ4n) is 1.70. The lowest BCUT2D eigenvalue weighted by Gasteiger charge is -2.20. The molecule has 0 heterocycles. The van der Waals surface area contributed by atoms with E-state index < -0.39 is 0 Å². The van der Waals surface area contributed by atoms with Crippen LogP contribution in [-0.2, 0) is 0 Å². The zero-order valence-corrected chi connectivity index (χ0v) is 11.2. The van der Waals surface area contributed by atoms with Crippen LogP contribution in [0.4, 0.5) is 4.39 Å². The molecule has 1 nitrogen and oxygen atoms in total. The van der Waals surface area contributed by atoms with E-state index in [4.69, 9.17) is 0 Å². The summed E-state index contributed by atoms with van der Waals surface area (Å²) in [6.07, 6.45) is 2.09. The van der Waals surface area contributed by atoms with Crippen molar-refractivity contribution >= 4 is 11.8 Å². The fourth-order valence-corrected chi connectivity index (χ4v) is 2.30. The molecule has 1 aromatic rings. The normalized spacial score (nSPS) is 14.8. The summed E-state index contributed by atoms with van der Waals surface area (Å²) in [4.78, 5) is 0. The third-order valence-electron chi connectivity index (χ3n) is 2.65. The Balaban J connectivity index is 2.65. The summed E-state index contributed by atoms with van der Waals surface area (Å²) in [6, 6.07) is 6.08. The lowest BCUT2D eigenvalue weighted by atomic mass is 10.1. The van der Waals surface area contributed by atoms with E-state index in [2.05, 4.69) is 25.4 Å². The van der Waals surface area contributed by atoms with Gasteiger partial charge in [0.25, 0.3) is 0 Å². The summed E-state index contributed by atoms with van der Waals surface area (Å²) in [5.74, 6) is 0.947. The molecule has 1 aromatic carbocycles. The molecule has 1 N–H and O–H groups in total. The molecule has 1 rings (SSSR count). The van der Waals surface area contributed by atoms with Gasteiger partial charge in [-0.05, 0) is 44.2 Å². The monoisotopic (exact) mass is 241 g/mol. The molecule has 0 aromatic heterocycles. The number of nitrogens with one attached hydrogen (secondary N) is 1. The third-order valence-corrected chi connectivity index (χ3v) is 3.48. The van der Waals surface area contributed by atoms with E-state index in [9.17, 15) is 4.39 Å². The van der Waals surface area contributed by atoms with Crippen molar-refractivity contribution in [2.75, 3.05) is 12.0 Å². The van der Waals surface area contributed by atoms with E-state index in [-0.39, 0.29) is 11.9 Å². The topological polar surface area (TPSA) is 12.0 Å². The minimum atomic E-state index is -0.122. The van der Waals surface area contributed by atoms with Crippen LogP contribution in [0.5, 0.6) is 0 Å². The third kappa shape index (κ3) is 3.80. The van der Waals surface area contributed by atoms with Crippen LogP contribution in [0.3, 0.4) is 0 Å². The highest BCUT2D eigenvalue weighted by molar-refractivity contribution is 7.98. The van der Waals surface area contributed by atoms with Crippen molar-refractivity contribution in [2.24, 2.45) is 0 Å². The average Bonchev–Trinajstić information content (AvgIpc) is 2.22. The molecular weight excluding hydrogens is 221 g/mol. The highest BCUT2D eigenvalue weighted by Gasteiger charge is 2.10. The fraction of sp³-hybridized carbons (Fsp3) is 0.538. The smallest absolute Gasteiger partial charge is 0.126 e. The van der Waals surface area contributed by atoms with Gasteiger partial charge < -0.3 is 5.32 Å². The lowest BCUT2D eigenvalue weighted by molar-refractivity contribution is 0.507. The second-order valence-electron chi connectivity index (χ2n) is 4.25. The van der Waals surface area contributed by atoms with Gasteiger partial charge in [-0.25, -0.2) is 4.39 Å². The molecule has 0 bridgehead atoms. The number of aryl methyl sites for hydroxylation is 1. The van der Waals surface area contributed by atoms with Crippen molar-refractivity contribution in [3.05, 3.63) is 35.1 Å². The summed E-state index contributed by atoms with van der Waals surface area (Å²) < 4.78 is 13.4. The van der Waals surface area contributed by atoms with Gasteiger partial charge in [-0.2, -0.15) is 11.8 Å². The van der Waals surface area contributed by atoms with Crippen LogP contribution in [-0.4, -0.2) is 18.1 Å². The van der Waals surface area contributed by atoms with Crippen LogP contribution in [0.15, 0.2) is 18.2 Å². The molecule has 0 radical (unpaired) electrons. The van der Waals surface area contributed by atoms with E-state index in [0.29, 0.717) is 11.6 Å². The first-order chi connectivity index (χ1) is 7.54. The van der Waals surface area contributed by atoms with E-state index in [1.54, 1.807) is 13.0 Å². The van der Waals surface area contributed by atoms with Crippen molar-refractivity contribution in [2.45, 2.75) is 32.9 Å². The van der Waals surface area contributed by atoms with Crippen molar-refractivity contribution in [1.82, 2.24) is 5.32 Å². The number of halogens is 1. The quantitative estimate of drug-likeness (QED) is 0.846. The Morgan fingerprint density at radius 2 is 2.06 bits per heavy atom. The van der Waals surface area contributed by atoms with E-state index in [1.807, 2.05) is 23.9 Å². The Bertz CT molecular complexity index is 341. The van der Waals surface area contributed by atoms with Crippen LogP contribution in [0.1, 0.15) is 31.0 Å². The molecule has 2 atom stereocenters. The molecule has 0 saturated heterocycles. The van der Waals surface area contributed by atoms with Gasteiger partial charge in [0.2, 0.25) is 0 Å². The largest absolute Gasteiger partial charge is 0.307 e. The molecule has 0 saturated carbocycles. The van der Waals surface area contributed by atoms with Crippen molar-refractivity contribution in [1.29, 1.82) is 0 Å². The maximum Gasteiger partial charge on any atom is 0.126 e. The second kappa shape index (κ2) is 6.26. The van der Waals surface area contributed by atoms with Crippen LogP contribution < -0.4 is 5.32 Å². The number of thioether (sulfide) groups is 1. The minimum Gasteiger partial charge on any atom is -0.307 e. The van der Waals surface area contributed by atoms with Crippen LogP contribution in [0, 0.1) is 12.7 Å². The maximum atomic E-state index is 13.4. The molecule has 90 valence electrons. The van der Waals surface area contributed by atoms with E-state index in [0.717, 1.165) is 11.3 Å². The molecule has 16 heavy (non-hydrogen) atoms. The number of benzene rings is 1. The first kappa shape index (κ1) is 13.5. The van der Waals surface area contributed by atoms with Gasteiger partial charge in [-0.3, -0.25) is 0 Å². The first-order valence-electron chi connectivity index (χ1n) is 5.55. The van der Waals surface area contributed by atoms with Gasteiger partial charge in [-0.15, -0.1) is 0 Å². The average molecular weight is 241 g/mol. The summed E-state index contributed by atoms with van der Waals surface area (Å²) >= 11 is 1.82. The summed E-state index contributed by atoms with van der Waals surface area (Å²) in [7, 11) is 0. The van der Waals surface area contributed by atoms with Crippen LogP contribution >= 0.6 is 11.8 Å². The van der Waals surface area contributed by atoms with Crippen LogP contribution in [0.25, 0.3) is 0 Å². The number of hydrogen-bond donors (Lipinski definition) is 1.